The lowest BCUT2D eigenvalue weighted by Crippen LogP contribution is -2.23. The fourth-order valence-corrected chi connectivity index (χ4v) is 2.39. The normalized spacial score (nSPS) is 22.1. The second-order valence-electron chi connectivity index (χ2n) is 5.29. The molecule has 1 fully saturated rings. The van der Waals surface area contributed by atoms with Gasteiger partial charge in [0.05, 0.1) is 0 Å². The van der Waals surface area contributed by atoms with E-state index >= 15 is 0 Å². The Labute approximate surface area is 107 Å². The second kappa shape index (κ2) is 5.22. The molecule has 1 aromatic carbocycles. The zero-order chi connectivity index (χ0) is 13.3. The lowest BCUT2D eigenvalue weighted by molar-refractivity contribution is 0.567. The van der Waals surface area contributed by atoms with Crippen molar-refractivity contribution in [2.75, 3.05) is 25.5 Å². The van der Waals surface area contributed by atoms with Gasteiger partial charge in [0.15, 0.2) is 0 Å². The first-order valence-electron chi connectivity index (χ1n) is 6.36. The molecule has 1 aromatic rings. The van der Waals surface area contributed by atoms with Crippen molar-refractivity contribution in [2.45, 2.75) is 19.9 Å². The van der Waals surface area contributed by atoms with Crippen molar-refractivity contribution in [3.05, 3.63) is 29.3 Å². The summed E-state index contributed by atoms with van der Waals surface area (Å²) in [5.74, 6) is 0.306. The van der Waals surface area contributed by atoms with Crippen molar-refractivity contribution < 1.29 is 8.78 Å². The number of nitrogens with one attached hydrogen (secondary N) is 1. The van der Waals surface area contributed by atoms with Gasteiger partial charge in [-0.15, -0.1) is 0 Å². The summed E-state index contributed by atoms with van der Waals surface area (Å²) in [7, 11) is 3.51. The quantitative estimate of drug-likeness (QED) is 0.869. The summed E-state index contributed by atoms with van der Waals surface area (Å²) in [6.45, 7) is 3.36. The molecule has 1 saturated carbocycles. The average molecular weight is 254 g/mol. The summed E-state index contributed by atoms with van der Waals surface area (Å²) in [6, 6.07) is 2.81. The number of nitrogens with zero attached hydrogens (tertiary/aromatic N) is 1. The number of hydrogen-bond acceptors (Lipinski definition) is 2. The molecule has 1 aliphatic carbocycles. The van der Waals surface area contributed by atoms with E-state index in [2.05, 4.69) is 12.2 Å². The van der Waals surface area contributed by atoms with Crippen LogP contribution in [0.1, 0.15) is 18.9 Å². The largest absolute Gasteiger partial charge is 0.370 e. The number of anilines is 1. The van der Waals surface area contributed by atoms with Gasteiger partial charge in [-0.05, 0) is 43.0 Å². The number of benzene rings is 1. The van der Waals surface area contributed by atoms with Crippen molar-refractivity contribution in [1.82, 2.24) is 5.32 Å². The zero-order valence-corrected chi connectivity index (χ0v) is 11.1. The Morgan fingerprint density at radius 2 is 1.89 bits per heavy atom. The van der Waals surface area contributed by atoms with Crippen molar-refractivity contribution in [3.63, 3.8) is 0 Å². The van der Waals surface area contributed by atoms with Crippen LogP contribution >= 0.6 is 0 Å². The topological polar surface area (TPSA) is 15.3 Å². The van der Waals surface area contributed by atoms with Crippen molar-refractivity contribution in [2.24, 2.45) is 11.8 Å². The molecule has 2 unspecified atom stereocenters. The van der Waals surface area contributed by atoms with E-state index in [-0.39, 0.29) is 5.69 Å². The van der Waals surface area contributed by atoms with Crippen LogP contribution in [0.2, 0.25) is 0 Å². The Bertz CT molecular complexity index is 411. The van der Waals surface area contributed by atoms with E-state index in [1.807, 2.05) is 0 Å². The standard InChI is InChI=1S/C14H20F2N2/c1-9-4-11(9)8-18(3)14-12(15)5-10(7-17-2)6-13(14)16/h5-6,9,11,17H,4,7-8H2,1-3H3. The first-order chi connectivity index (χ1) is 8.52. The van der Waals surface area contributed by atoms with Gasteiger partial charge < -0.3 is 10.2 Å². The van der Waals surface area contributed by atoms with Crippen molar-refractivity contribution in [1.29, 1.82) is 0 Å². The van der Waals surface area contributed by atoms with Crippen LogP contribution in [0.15, 0.2) is 12.1 Å². The van der Waals surface area contributed by atoms with E-state index in [1.54, 1.807) is 19.0 Å². The predicted octanol–water partition coefficient (Wildman–Crippen LogP) is 2.78. The molecule has 0 aliphatic heterocycles. The molecular weight excluding hydrogens is 234 g/mol. The van der Waals surface area contributed by atoms with Gasteiger partial charge in [-0.1, -0.05) is 6.92 Å². The maximum Gasteiger partial charge on any atom is 0.149 e. The Kier molecular flexibility index (Phi) is 3.85. The van der Waals surface area contributed by atoms with Crippen LogP contribution in [0.3, 0.4) is 0 Å². The minimum absolute atomic E-state index is 0.0916. The van der Waals surface area contributed by atoms with Crippen LogP contribution in [0.5, 0.6) is 0 Å². The second-order valence-corrected chi connectivity index (χ2v) is 5.29. The fraction of sp³-hybridized carbons (Fsp3) is 0.571. The molecule has 0 aromatic heterocycles. The SMILES string of the molecule is CNCc1cc(F)c(N(C)CC2CC2C)c(F)c1. The zero-order valence-electron chi connectivity index (χ0n) is 11.1. The molecule has 2 nitrogen and oxygen atoms in total. The van der Waals surface area contributed by atoms with E-state index in [9.17, 15) is 8.78 Å². The summed E-state index contributed by atoms with van der Waals surface area (Å²) < 4.78 is 27.9. The van der Waals surface area contributed by atoms with Crippen LogP contribution in [-0.4, -0.2) is 20.6 Å². The highest BCUT2D eigenvalue weighted by molar-refractivity contribution is 5.50. The van der Waals surface area contributed by atoms with Gasteiger partial charge >= 0.3 is 0 Å². The Hall–Kier alpha value is -1.16. The lowest BCUT2D eigenvalue weighted by atomic mass is 10.1. The molecule has 0 spiro atoms. The Morgan fingerprint density at radius 3 is 2.33 bits per heavy atom. The maximum absolute atomic E-state index is 13.9. The highest BCUT2D eigenvalue weighted by atomic mass is 19.1. The summed E-state index contributed by atoms with van der Waals surface area (Å²) in [5, 5.41) is 2.89. The van der Waals surface area contributed by atoms with E-state index in [0.29, 0.717) is 23.9 Å². The number of rotatable bonds is 5. The van der Waals surface area contributed by atoms with E-state index < -0.39 is 11.6 Å². The van der Waals surface area contributed by atoms with E-state index in [0.717, 1.165) is 13.0 Å². The molecule has 2 rings (SSSR count). The summed E-state index contributed by atoms with van der Waals surface area (Å²) in [5.41, 5.74) is 0.721. The molecule has 0 amide bonds. The first kappa shape index (κ1) is 13.3. The molecule has 18 heavy (non-hydrogen) atoms. The predicted molar refractivity (Wildman–Crippen MR) is 69.7 cm³/mol. The minimum atomic E-state index is -0.476. The third kappa shape index (κ3) is 2.80. The number of halogens is 2. The number of hydrogen-bond donors (Lipinski definition) is 1. The molecule has 0 bridgehead atoms. The van der Waals surface area contributed by atoms with Gasteiger partial charge in [-0.3, -0.25) is 0 Å². The van der Waals surface area contributed by atoms with E-state index in [1.165, 1.54) is 12.1 Å². The molecule has 100 valence electrons. The van der Waals surface area contributed by atoms with Gasteiger partial charge in [-0.2, -0.15) is 0 Å². The molecule has 2 atom stereocenters. The average Bonchev–Trinajstić information content (AvgIpc) is 2.93. The van der Waals surface area contributed by atoms with Gasteiger partial charge in [0.25, 0.3) is 0 Å². The third-order valence-corrected chi connectivity index (χ3v) is 3.62. The van der Waals surface area contributed by atoms with Crippen molar-refractivity contribution >= 4 is 5.69 Å². The van der Waals surface area contributed by atoms with Gasteiger partial charge in [0, 0.05) is 20.1 Å². The third-order valence-electron chi connectivity index (χ3n) is 3.62. The highest BCUT2D eigenvalue weighted by Gasteiger charge is 2.34. The monoisotopic (exact) mass is 254 g/mol. The Morgan fingerprint density at radius 1 is 1.33 bits per heavy atom. The summed E-state index contributed by atoms with van der Waals surface area (Å²) >= 11 is 0. The van der Waals surface area contributed by atoms with Crippen LogP contribution in [0.4, 0.5) is 14.5 Å². The van der Waals surface area contributed by atoms with Crippen LogP contribution in [0, 0.1) is 23.5 Å². The summed E-state index contributed by atoms with van der Waals surface area (Å²) in [6.07, 6.45) is 1.16. The first-order valence-corrected chi connectivity index (χ1v) is 6.36. The smallest absolute Gasteiger partial charge is 0.149 e. The van der Waals surface area contributed by atoms with Gasteiger partial charge in [0.1, 0.15) is 17.3 Å². The Balaban J connectivity index is 2.16. The van der Waals surface area contributed by atoms with E-state index in [4.69, 9.17) is 0 Å². The fourth-order valence-electron chi connectivity index (χ4n) is 2.39. The van der Waals surface area contributed by atoms with Gasteiger partial charge in [-0.25, -0.2) is 8.78 Å². The van der Waals surface area contributed by atoms with Crippen LogP contribution in [0.25, 0.3) is 0 Å². The molecule has 0 radical (unpaired) electrons. The summed E-state index contributed by atoms with van der Waals surface area (Å²) in [4.78, 5) is 1.70. The molecular formula is C14H20F2N2. The molecule has 0 heterocycles. The van der Waals surface area contributed by atoms with Crippen LogP contribution < -0.4 is 10.2 Å². The minimum Gasteiger partial charge on any atom is -0.370 e. The highest BCUT2D eigenvalue weighted by Crippen LogP contribution is 2.39. The lowest BCUT2D eigenvalue weighted by Gasteiger charge is -2.21. The molecule has 0 saturated heterocycles. The molecule has 4 heteroatoms. The maximum atomic E-state index is 13.9. The molecule has 1 N–H and O–H groups in total. The van der Waals surface area contributed by atoms with Gasteiger partial charge in [0.2, 0.25) is 0 Å². The van der Waals surface area contributed by atoms with Crippen molar-refractivity contribution in [3.8, 4) is 0 Å². The van der Waals surface area contributed by atoms with Crippen LogP contribution in [-0.2, 0) is 6.54 Å². The molecule has 1 aliphatic rings.